The zero-order valence-electron chi connectivity index (χ0n) is 9.89. The summed E-state index contributed by atoms with van der Waals surface area (Å²) in [4.78, 5) is 10.9. The monoisotopic (exact) mass is 235 g/mol. The van der Waals surface area contributed by atoms with Crippen LogP contribution in [0.1, 0.15) is 18.5 Å². The number of nitrogens with zero attached hydrogens (tertiary/aromatic N) is 3. The second-order valence-electron chi connectivity index (χ2n) is 4.70. The van der Waals surface area contributed by atoms with Crippen LogP contribution in [0.15, 0.2) is 6.07 Å². The van der Waals surface area contributed by atoms with Crippen LogP contribution in [0, 0.1) is 6.92 Å². The van der Waals surface area contributed by atoms with E-state index in [2.05, 4.69) is 20.3 Å². The molecule has 1 aromatic rings. The minimum Gasteiger partial charge on any atom is -0.371 e. The number of rotatable bonds is 2. The third-order valence-electron chi connectivity index (χ3n) is 3.34. The van der Waals surface area contributed by atoms with Crippen LogP contribution in [0.25, 0.3) is 0 Å². The van der Waals surface area contributed by atoms with Crippen molar-refractivity contribution in [3.8, 4) is 0 Å². The second-order valence-corrected chi connectivity index (χ2v) is 4.70. The number of fused-ring (bicyclic) bond motifs is 2. The molecule has 2 bridgehead atoms. The number of ether oxygens (including phenoxy) is 1. The maximum Gasteiger partial charge on any atom is 0.239 e. The molecular formula is C11H17N5O. The highest BCUT2D eigenvalue weighted by molar-refractivity contribution is 5.45. The van der Waals surface area contributed by atoms with Crippen LogP contribution in [-0.4, -0.2) is 35.3 Å². The lowest BCUT2D eigenvalue weighted by Crippen LogP contribution is -2.43. The number of aromatic nitrogens is 2. The van der Waals surface area contributed by atoms with Gasteiger partial charge in [0.2, 0.25) is 5.95 Å². The number of nitrogens with one attached hydrogen (secondary N) is 1. The Hall–Kier alpha value is -1.40. The van der Waals surface area contributed by atoms with E-state index in [1.165, 1.54) is 0 Å². The predicted molar refractivity (Wildman–Crippen MR) is 64.7 cm³/mol. The van der Waals surface area contributed by atoms with Gasteiger partial charge in [0, 0.05) is 24.8 Å². The van der Waals surface area contributed by atoms with Gasteiger partial charge in [0.25, 0.3) is 0 Å². The van der Waals surface area contributed by atoms with E-state index in [1.807, 2.05) is 13.0 Å². The Morgan fingerprint density at radius 2 is 2.06 bits per heavy atom. The molecule has 17 heavy (non-hydrogen) atoms. The van der Waals surface area contributed by atoms with Crippen molar-refractivity contribution in [3.63, 3.8) is 0 Å². The molecule has 2 fully saturated rings. The number of nitrogen functional groups attached to an aromatic ring is 1. The van der Waals surface area contributed by atoms with Crippen molar-refractivity contribution in [3.05, 3.63) is 11.8 Å². The molecule has 2 atom stereocenters. The van der Waals surface area contributed by atoms with E-state index < -0.39 is 0 Å². The normalized spacial score (nSPS) is 27.3. The fraction of sp³-hybridized carbons (Fsp3) is 0.636. The summed E-state index contributed by atoms with van der Waals surface area (Å²) in [6, 6.07) is 1.99. The minimum atomic E-state index is 0.360. The first-order valence-corrected chi connectivity index (χ1v) is 5.97. The second kappa shape index (κ2) is 4.12. The maximum absolute atomic E-state index is 5.81. The average molecular weight is 235 g/mol. The zero-order valence-corrected chi connectivity index (χ0v) is 9.89. The van der Waals surface area contributed by atoms with E-state index >= 15 is 0 Å². The highest BCUT2D eigenvalue weighted by Gasteiger charge is 2.34. The minimum absolute atomic E-state index is 0.360. The van der Waals surface area contributed by atoms with Gasteiger partial charge in [0.1, 0.15) is 5.82 Å². The van der Waals surface area contributed by atoms with E-state index in [-0.39, 0.29) is 0 Å². The van der Waals surface area contributed by atoms with Crippen molar-refractivity contribution in [1.82, 2.24) is 9.97 Å². The first-order chi connectivity index (χ1) is 8.24. The number of aryl methyl sites for hydroxylation is 1. The molecule has 0 amide bonds. The summed E-state index contributed by atoms with van der Waals surface area (Å²) in [5.41, 5.74) is 3.42. The Kier molecular flexibility index (Phi) is 2.60. The van der Waals surface area contributed by atoms with Crippen molar-refractivity contribution in [2.45, 2.75) is 32.0 Å². The van der Waals surface area contributed by atoms with Gasteiger partial charge in [-0.15, -0.1) is 0 Å². The molecule has 6 nitrogen and oxygen atoms in total. The molecule has 2 unspecified atom stereocenters. The Labute approximate surface area is 100 Å². The van der Waals surface area contributed by atoms with Gasteiger partial charge in [-0.2, -0.15) is 4.98 Å². The summed E-state index contributed by atoms with van der Waals surface area (Å²) in [6.07, 6.45) is 3.04. The number of morpholine rings is 1. The molecule has 92 valence electrons. The van der Waals surface area contributed by atoms with Gasteiger partial charge >= 0.3 is 0 Å². The van der Waals surface area contributed by atoms with Crippen LogP contribution >= 0.6 is 0 Å². The van der Waals surface area contributed by atoms with Crippen molar-refractivity contribution < 1.29 is 4.74 Å². The molecule has 0 aliphatic carbocycles. The standard InChI is InChI=1S/C11H17N5O/c1-7-4-10(14-11(13-7)15-12)16-5-8-2-3-9(6-16)17-8/h4,8-9H,2-3,5-6,12H2,1H3,(H,13,14,15). The highest BCUT2D eigenvalue weighted by atomic mass is 16.5. The Morgan fingerprint density at radius 1 is 1.35 bits per heavy atom. The van der Waals surface area contributed by atoms with Gasteiger partial charge in [-0.3, -0.25) is 5.43 Å². The summed E-state index contributed by atoms with van der Waals surface area (Å²) in [6.45, 7) is 3.77. The molecule has 0 spiro atoms. The molecule has 6 heteroatoms. The van der Waals surface area contributed by atoms with E-state index in [4.69, 9.17) is 10.6 Å². The highest BCUT2D eigenvalue weighted by Crippen LogP contribution is 2.29. The molecule has 0 aromatic carbocycles. The van der Waals surface area contributed by atoms with Gasteiger partial charge in [-0.25, -0.2) is 10.8 Å². The quantitative estimate of drug-likeness (QED) is 0.572. The average Bonchev–Trinajstić information content (AvgIpc) is 2.67. The first-order valence-electron chi connectivity index (χ1n) is 5.97. The maximum atomic E-state index is 5.81. The number of hydrazine groups is 1. The van der Waals surface area contributed by atoms with Crippen molar-refractivity contribution in [2.24, 2.45) is 5.84 Å². The van der Waals surface area contributed by atoms with Gasteiger partial charge in [0.15, 0.2) is 0 Å². The van der Waals surface area contributed by atoms with Crippen molar-refractivity contribution >= 4 is 11.8 Å². The third-order valence-corrected chi connectivity index (χ3v) is 3.34. The van der Waals surface area contributed by atoms with Gasteiger partial charge in [0.05, 0.1) is 12.2 Å². The van der Waals surface area contributed by atoms with Gasteiger partial charge in [-0.1, -0.05) is 0 Å². The summed E-state index contributed by atoms with van der Waals surface area (Å²) in [5, 5.41) is 0. The molecule has 3 rings (SSSR count). The number of nitrogens with two attached hydrogens (primary N) is 1. The van der Waals surface area contributed by atoms with Crippen molar-refractivity contribution in [1.29, 1.82) is 0 Å². The van der Waals surface area contributed by atoms with Crippen molar-refractivity contribution in [2.75, 3.05) is 23.4 Å². The third kappa shape index (κ3) is 2.05. The first kappa shape index (κ1) is 10.7. The molecule has 3 heterocycles. The molecular weight excluding hydrogens is 218 g/mol. The Balaban J connectivity index is 1.86. The van der Waals surface area contributed by atoms with Crippen LogP contribution in [-0.2, 0) is 4.74 Å². The van der Waals surface area contributed by atoms with E-state index in [0.29, 0.717) is 18.2 Å². The van der Waals surface area contributed by atoms with Gasteiger partial charge in [-0.05, 0) is 19.8 Å². The van der Waals surface area contributed by atoms with Crippen LogP contribution in [0.5, 0.6) is 0 Å². The summed E-state index contributed by atoms with van der Waals surface area (Å²) >= 11 is 0. The van der Waals surface area contributed by atoms with E-state index in [1.54, 1.807) is 0 Å². The fourth-order valence-corrected chi connectivity index (χ4v) is 2.58. The summed E-state index contributed by atoms with van der Waals surface area (Å²) < 4.78 is 5.81. The summed E-state index contributed by atoms with van der Waals surface area (Å²) in [5.74, 6) is 6.77. The van der Waals surface area contributed by atoms with Crippen LogP contribution in [0.4, 0.5) is 11.8 Å². The summed E-state index contributed by atoms with van der Waals surface area (Å²) in [7, 11) is 0. The van der Waals surface area contributed by atoms with E-state index in [9.17, 15) is 0 Å². The Bertz CT molecular complexity index is 412. The molecule has 0 saturated carbocycles. The molecule has 2 saturated heterocycles. The topological polar surface area (TPSA) is 76.3 Å². The van der Waals surface area contributed by atoms with Crippen LogP contribution in [0.3, 0.4) is 0 Å². The molecule has 0 radical (unpaired) electrons. The van der Waals surface area contributed by atoms with Crippen LogP contribution in [0.2, 0.25) is 0 Å². The van der Waals surface area contributed by atoms with Crippen LogP contribution < -0.4 is 16.2 Å². The SMILES string of the molecule is Cc1cc(N2CC3CCC(C2)O3)nc(NN)n1. The largest absolute Gasteiger partial charge is 0.371 e. The molecule has 2 aliphatic heterocycles. The van der Waals surface area contributed by atoms with Gasteiger partial charge < -0.3 is 9.64 Å². The molecule has 1 aromatic heterocycles. The number of anilines is 2. The lowest BCUT2D eigenvalue weighted by Gasteiger charge is -2.33. The lowest BCUT2D eigenvalue weighted by atomic mass is 10.2. The number of hydrogen-bond donors (Lipinski definition) is 2. The predicted octanol–water partition coefficient (Wildman–Crippen LogP) is 0.438. The Morgan fingerprint density at radius 3 is 2.71 bits per heavy atom. The zero-order chi connectivity index (χ0) is 11.8. The molecule has 2 aliphatic rings. The number of hydrogen-bond acceptors (Lipinski definition) is 6. The van der Waals surface area contributed by atoms with E-state index in [0.717, 1.165) is 37.4 Å². The fourth-order valence-electron chi connectivity index (χ4n) is 2.58. The molecule has 3 N–H and O–H groups in total. The lowest BCUT2D eigenvalue weighted by molar-refractivity contribution is 0.0302. The smallest absolute Gasteiger partial charge is 0.239 e.